The minimum Gasteiger partial charge on any atom is -0.467 e. The number of hydrogen-bond donors (Lipinski definition) is 2. The van der Waals surface area contributed by atoms with Crippen molar-refractivity contribution in [3.63, 3.8) is 0 Å². The Kier molecular flexibility index (Phi) is 5.68. The van der Waals surface area contributed by atoms with Crippen LogP contribution in [0.1, 0.15) is 36.6 Å². The van der Waals surface area contributed by atoms with Crippen LogP contribution in [0.4, 0.5) is 17.1 Å². The maximum Gasteiger partial charge on any atom is 0.243 e. The van der Waals surface area contributed by atoms with Crippen molar-refractivity contribution in [3.05, 3.63) is 88.5 Å². The van der Waals surface area contributed by atoms with Crippen molar-refractivity contribution in [1.29, 1.82) is 0 Å². The van der Waals surface area contributed by atoms with E-state index in [0.717, 1.165) is 35.5 Å². The molecule has 2 aliphatic rings. The van der Waals surface area contributed by atoms with Crippen LogP contribution in [0, 0.1) is 6.92 Å². The summed E-state index contributed by atoms with van der Waals surface area (Å²) in [5.74, 6) is 0.496. The normalized spacial score (nSPS) is 17.7. The summed E-state index contributed by atoms with van der Waals surface area (Å²) in [6, 6.07) is 16.4. The molecule has 2 aromatic carbocycles. The maximum absolute atomic E-state index is 13.3. The van der Waals surface area contributed by atoms with E-state index >= 15 is 0 Å². The highest BCUT2D eigenvalue weighted by Gasteiger charge is 2.38. The summed E-state index contributed by atoms with van der Waals surface area (Å²) in [7, 11) is 0. The second-order valence-electron chi connectivity index (χ2n) is 8.32. The SMILES string of the molecule is Cc1c(Cl)cccc1NC(=O)CN1c2ccccc2NC2=C(C(=O)CCC2)[C@H]1c1ccco1. The molecule has 2 heterocycles. The highest BCUT2D eigenvalue weighted by Crippen LogP contribution is 2.44. The lowest BCUT2D eigenvalue weighted by Crippen LogP contribution is -2.38. The maximum atomic E-state index is 13.3. The number of nitrogens with zero attached hydrogens (tertiary/aromatic N) is 1. The summed E-state index contributed by atoms with van der Waals surface area (Å²) in [5.41, 5.74) is 4.73. The third kappa shape index (κ3) is 4.02. The van der Waals surface area contributed by atoms with Gasteiger partial charge < -0.3 is 20.0 Å². The summed E-state index contributed by atoms with van der Waals surface area (Å²) in [6.45, 7) is 1.90. The quantitative estimate of drug-likeness (QED) is 0.509. The van der Waals surface area contributed by atoms with E-state index in [-0.39, 0.29) is 18.2 Å². The Hall–Kier alpha value is -3.51. The number of Topliss-reactive ketones (excluding diaryl/α,β-unsaturated/α-hetero) is 1. The number of rotatable bonds is 4. The average molecular weight is 462 g/mol. The first-order valence-electron chi connectivity index (χ1n) is 11.0. The molecule has 0 fully saturated rings. The molecule has 3 aromatic rings. The molecule has 0 radical (unpaired) electrons. The van der Waals surface area contributed by atoms with Crippen molar-refractivity contribution >= 4 is 40.4 Å². The standard InChI is InChI=1S/C26H24ClN3O3/c1-16-17(27)7-4-9-18(16)29-24(32)15-30-21-11-3-2-8-19(21)28-20-10-5-12-22(31)25(20)26(30)23-13-6-14-33-23/h2-4,6-9,11,13-14,26,28H,5,10,12,15H2,1H3,(H,29,32)/t26-/m1/s1. The van der Waals surface area contributed by atoms with Gasteiger partial charge in [-0.2, -0.15) is 0 Å². The third-order valence-corrected chi connectivity index (χ3v) is 6.62. The van der Waals surface area contributed by atoms with Crippen LogP contribution in [-0.4, -0.2) is 18.2 Å². The molecule has 1 aromatic heterocycles. The number of allylic oxidation sites excluding steroid dienone is 1. The first-order valence-corrected chi connectivity index (χ1v) is 11.4. The van der Waals surface area contributed by atoms with Crippen LogP contribution in [0.2, 0.25) is 5.02 Å². The Morgan fingerprint density at radius 2 is 2.00 bits per heavy atom. The first kappa shape index (κ1) is 21.3. The molecular formula is C26H24ClN3O3. The molecule has 6 nitrogen and oxygen atoms in total. The van der Waals surface area contributed by atoms with E-state index in [2.05, 4.69) is 10.6 Å². The highest BCUT2D eigenvalue weighted by molar-refractivity contribution is 6.31. The van der Waals surface area contributed by atoms with Crippen LogP contribution in [-0.2, 0) is 9.59 Å². The van der Waals surface area contributed by atoms with Crippen LogP contribution in [0.15, 0.2) is 76.5 Å². The minimum absolute atomic E-state index is 0.0279. The van der Waals surface area contributed by atoms with Crippen LogP contribution < -0.4 is 15.5 Å². The Morgan fingerprint density at radius 1 is 1.15 bits per heavy atom. The van der Waals surface area contributed by atoms with Crippen LogP contribution >= 0.6 is 11.6 Å². The van der Waals surface area contributed by atoms with Gasteiger partial charge >= 0.3 is 0 Å². The van der Waals surface area contributed by atoms with E-state index in [4.69, 9.17) is 16.0 Å². The van der Waals surface area contributed by atoms with Gasteiger partial charge in [0.25, 0.3) is 0 Å². The van der Waals surface area contributed by atoms with Crippen LogP contribution in [0.5, 0.6) is 0 Å². The lowest BCUT2D eigenvalue weighted by atomic mass is 9.88. The lowest BCUT2D eigenvalue weighted by Gasteiger charge is -2.33. The number of para-hydroxylation sites is 2. The largest absolute Gasteiger partial charge is 0.467 e. The van der Waals surface area contributed by atoms with E-state index in [1.165, 1.54) is 0 Å². The molecule has 7 heteroatoms. The molecule has 2 N–H and O–H groups in total. The van der Waals surface area contributed by atoms with Gasteiger partial charge in [-0.25, -0.2) is 0 Å². The summed E-state index contributed by atoms with van der Waals surface area (Å²) in [4.78, 5) is 28.4. The number of benzene rings is 2. The number of hydrogen-bond acceptors (Lipinski definition) is 5. The predicted molar refractivity (Wildman–Crippen MR) is 130 cm³/mol. The molecule has 1 aliphatic carbocycles. The van der Waals surface area contributed by atoms with Crippen molar-refractivity contribution < 1.29 is 14.0 Å². The second-order valence-corrected chi connectivity index (χ2v) is 8.72. The molecule has 0 saturated heterocycles. The summed E-state index contributed by atoms with van der Waals surface area (Å²) >= 11 is 6.23. The number of fused-ring (bicyclic) bond motifs is 1. The summed E-state index contributed by atoms with van der Waals surface area (Å²) < 4.78 is 5.80. The molecule has 1 atom stereocenters. The van der Waals surface area contributed by atoms with Gasteiger partial charge in [0.15, 0.2) is 5.78 Å². The first-order chi connectivity index (χ1) is 16.0. The monoisotopic (exact) mass is 461 g/mol. The van der Waals surface area contributed by atoms with E-state index < -0.39 is 6.04 Å². The zero-order valence-corrected chi connectivity index (χ0v) is 19.0. The summed E-state index contributed by atoms with van der Waals surface area (Å²) in [6.07, 6.45) is 3.65. The molecule has 33 heavy (non-hydrogen) atoms. The molecule has 168 valence electrons. The fourth-order valence-electron chi connectivity index (χ4n) is 4.60. The zero-order chi connectivity index (χ0) is 22.9. The Bertz CT molecular complexity index is 1250. The van der Waals surface area contributed by atoms with E-state index in [9.17, 15) is 9.59 Å². The number of ketones is 1. The number of amides is 1. The lowest BCUT2D eigenvalue weighted by molar-refractivity contribution is -0.117. The van der Waals surface area contributed by atoms with E-state index in [1.807, 2.05) is 48.2 Å². The fourth-order valence-corrected chi connectivity index (χ4v) is 4.78. The second kappa shape index (κ2) is 8.79. The number of carbonyl (C=O) groups is 2. The van der Waals surface area contributed by atoms with Gasteiger partial charge in [0.05, 0.1) is 24.2 Å². The van der Waals surface area contributed by atoms with Gasteiger partial charge in [0.2, 0.25) is 5.91 Å². The Balaban J connectivity index is 1.58. The highest BCUT2D eigenvalue weighted by atomic mass is 35.5. The number of furan rings is 1. The topological polar surface area (TPSA) is 74.6 Å². The number of carbonyl (C=O) groups excluding carboxylic acids is 2. The van der Waals surface area contributed by atoms with Crippen molar-refractivity contribution in [1.82, 2.24) is 0 Å². The van der Waals surface area contributed by atoms with Gasteiger partial charge in [0.1, 0.15) is 11.8 Å². The smallest absolute Gasteiger partial charge is 0.243 e. The number of nitrogens with one attached hydrogen (secondary N) is 2. The number of anilines is 3. The molecule has 1 aliphatic heterocycles. The van der Waals surface area contributed by atoms with Crippen LogP contribution in [0.3, 0.4) is 0 Å². The average Bonchev–Trinajstić information content (AvgIpc) is 3.29. The molecule has 0 bridgehead atoms. The van der Waals surface area contributed by atoms with Gasteiger partial charge in [-0.05, 0) is 61.7 Å². The third-order valence-electron chi connectivity index (χ3n) is 6.21. The van der Waals surface area contributed by atoms with Crippen molar-refractivity contribution in [3.8, 4) is 0 Å². The van der Waals surface area contributed by atoms with Gasteiger partial charge in [0, 0.05) is 28.4 Å². The molecule has 1 amide bonds. The molecule has 5 rings (SSSR count). The van der Waals surface area contributed by atoms with Crippen molar-refractivity contribution in [2.45, 2.75) is 32.2 Å². The molecule has 0 unspecified atom stereocenters. The van der Waals surface area contributed by atoms with Gasteiger partial charge in [-0.1, -0.05) is 29.8 Å². The molecule has 0 saturated carbocycles. The van der Waals surface area contributed by atoms with Crippen molar-refractivity contribution in [2.24, 2.45) is 0 Å². The fraction of sp³-hybridized carbons (Fsp3) is 0.231. The van der Waals surface area contributed by atoms with Gasteiger partial charge in [-0.15, -0.1) is 0 Å². The summed E-state index contributed by atoms with van der Waals surface area (Å²) in [5, 5.41) is 7.05. The van der Waals surface area contributed by atoms with Crippen molar-refractivity contribution in [2.75, 3.05) is 22.1 Å². The molecule has 0 spiro atoms. The van der Waals surface area contributed by atoms with E-state index in [0.29, 0.717) is 28.5 Å². The minimum atomic E-state index is -0.509. The predicted octanol–water partition coefficient (Wildman–Crippen LogP) is 5.86. The number of halogens is 1. The van der Waals surface area contributed by atoms with Crippen LogP contribution in [0.25, 0.3) is 0 Å². The van der Waals surface area contributed by atoms with Gasteiger partial charge in [-0.3, -0.25) is 9.59 Å². The molecular weight excluding hydrogens is 438 g/mol. The Labute approximate surface area is 197 Å². The zero-order valence-electron chi connectivity index (χ0n) is 18.2. The van der Waals surface area contributed by atoms with E-state index in [1.54, 1.807) is 24.5 Å². The Morgan fingerprint density at radius 3 is 2.82 bits per heavy atom.